The second-order valence-corrected chi connectivity index (χ2v) is 9.12. The lowest BCUT2D eigenvalue weighted by Gasteiger charge is -2.37. The van der Waals surface area contributed by atoms with E-state index < -0.39 is 12.0 Å². The van der Waals surface area contributed by atoms with E-state index in [1.165, 1.54) is 6.07 Å². The predicted molar refractivity (Wildman–Crippen MR) is 128 cm³/mol. The van der Waals surface area contributed by atoms with E-state index in [0.29, 0.717) is 37.3 Å². The Bertz CT molecular complexity index is 1030. The average molecular weight is 495 g/mol. The highest BCUT2D eigenvalue weighted by Gasteiger charge is 2.40. The quantitative estimate of drug-likeness (QED) is 0.515. The van der Waals surface area contributed by atoms with Gasteiger partial charge in [0.1, 0.15) is 11.5 Å². The summed E-state index contributed by atoms with van der Waals surface area (Å²) in [7, 11) is 0. The molecule has 2 heterocycles. The number of carboxylic acids is 1. The van der Waals surface area contributed by atoms with Crippen LogP contribution in [0.25, 0.3) is 6.08 Å². The van der Waals surface area contributed by atoms with Crippen LogP contribution in [-0.4, -0.2) is 55.1 Å². The number of piperidine rings is 1. The number of halogens is 2. The van der Waals surface area contributed by atoms with Crippen LogP contribution in [0.1, 0.15) is 49.4 Å². The van der Waals surface area contributed by atoms with Crippen molar-refractivity contribution in [2.45, 2.75) is 49.9 Å². The number of hydrogen-bond acceptors (Lipinski definition) is 6. The van der Waals surface area contributed by atoms with Gasteiger partial charge in [0.25, 0.3) is 0 Å². The summed E-state index contributed by atoms with van der Waals surface area (Å²) in [5.41, 5.74) is 2.10. The van der Waals surface area contributed by atoms with Gasteiger partial charge in [-0.05, 0) is 43.4 Å². The van der Waals surface area contributed by atoms with E-state index in [1.54, 1.807) is 29.1 Å². The zero-order chi connectivity index (χ0) is 22.7. The molecule has 4 rings (SSSR count). The summed E-state index contributed by atoms with van der Waals surface area (Å²) in [4.78, 5) is 25.9. The number of rotatable bonds is 9. The molecule has 1 aliphatic carbocycles. The van der Waals surface area contributed by atoms with Crippen LogP contribution in [0.5, 0.6) is 0 Å². The first-order valence-electron chi connectivity index (χ1n) is 10.9. The third-order valence-corrected chi connectivity index (χ3v) is 6.57. The molecule has 33 heavy (non-hydrogen) atoms. The van der Waals surface area contributed by atoms with Gasteiger partial charge in [-0.1, -0.05) is 23.4 Å². The lowest BCUT2D eigenvalue weighted by molar-refractivity contribution is -0.137. The van der Waals surface area contributed by atoms with Crippen LogP contribution in [0, 0.1) is 11.7 Å². The molecule has 0 spiro atoms. The van der Waals surface area contributed by atoms with E-state index in [9.17, 15) is 14.0 Å². The summed E-state index contributed by atoms with van der Waals surface area (Å²) in [6.07, 6.45) is 6.75. The first-order chi connectivity index (χ1) is 15.4. The van der Waals surface area contributed by atoms with Crippen molar-refractivity contribution >= 4 is 42.9 Å². The zero-order valence-corrected chi connectivity index (χ0v) is 19.8. The Kier molecular flexibility index (Phi) is 8.67. The summed E-state index contributed by atoms with van der Waals surface area (Å²) in [6.45, 7) is 1.63. The standard InChI is InChI=1S/C23H27FN4O3S.ClH/c24-19-5-2-1-4-18(19)22(23(31)15-7-8-15)27-11-9-20(32)16(13-27)12-17-14-28(26-25-17)10-3-6-21(29)30;/h1-2,4-5,12,14-15,20,22,32H,3,6-11,13H2,(H,29,30);1H/b16-12+;. The Morgan fingerprint density at radius 3 is 2.73 bits per heavy atom. The number of aromatic nitrogens is 3. The van der Waals surface area contributed by atoms with Gasteiger partial charge in [0, 0.05) is 42.8 Å². The molecule has 2 aliphatic rings. The Morgan fingerprint density at radius 2 is 2.03 bits per heavy atom. The number of likely N-dealkylation sites (tertiary alicyclic amines) is 1. The first-order valence-corrected chi connectivity index (χ1v) is 11.5. The van der Waals surface area contributed by atoms with Gasteiger partial charge >= 0.3 is 5.97 Å². The van der Waals surface area contributed by atoms with Crippen LogP contribution in [-0.2, 0) is 16.1 Å². The Balaban J connectivity index is 0.00000306. The van der Waals surface area contributed by atoms with Crippen LogP contribution in [0.2, 0.25) is 0 Å². The van der Waals surface area contributed by atoms with Crippen molar-refractivity contribution in [1.82, 2.24) is 19.9 Å². The maximum atomic E-state index is 14.6. The third-order valence-electron chi connectivity index (χ3n) is 5.99. The Morgan fingerprint density at radius 1 is 1.27 bits per heavy atom. The summed E-state index contributed by atoms with van der Waals surface area (Å²) in [5, 5.41) is 17.0. The van der Waals surface area contributed by atoms with Crippen molar-refractivity contribution in [3.8, 4) is 0 Å². The molecule has 178 valence electrons. The molecule has 1 aromatic carbocycles. The van der Waals surface area contributed by atoms with Gasteiger partial charge in [-0.3, -0.25) is 19.2 Å². The molecule has 7 nitrogen and oxygen atoms in total. The SMILES string of the molecule is Cl.O=C(O)CCCn1cc(/C=C2\CN(C(C(=O)C3CC3)c3ccccc3F)CCC2S)nn1. The van der Waals surface area contributed by atoms with E-state index in [0.717, 1.165) is 24.8 Å². The van der Waals surface area contributed by atoms with Crippen LogP contribution >= 0.6 is 25.0 Å². The van der Waals surface area contributed by atoms with E-state index in [2.05, 4.69) is 15.2 Å². The number of aliphatic carboxylic acids is 1. The highest BCUT2D eigenvalue weighted by Crippen LogP contribution is 2.39. The van der Waals surface area contributed by atoms with Gasteiger partial charge in [0.05, 0.1) is 12.2 Å². The zero-order valence-electron chi connectivity index (χ0n) is 18.1. The van der Waals surface area contributed by atoms with Crippen molar-refractivity contribution < 1.29 is 19.1 Å². The number of carboxylic acid groups (broad SMARTS) is 1. The molecular formula is C23H28ClFN4O3S. The smallest absolute Gasteiger partial charge is 0.303 e. The lowest BCUT2D eigenvalue weighted by Crippen LogP contribution is -2.42. The monoisotopic (exact) mass is 494 g/mol. The van der Waals surface area contributed by atoms with Crippen LogP contribution in [0.3, 0.4) is 0 Å². The van der Waals surface area contributed by atoms with Crippen molar-refractivity contribution in [1.29, 1.82) is 0 Å². The summed E-state index contributed by atoms with van der Waals surface area (Å²) in [6, 6.07) is 5.94. The third kappa shape index (κ3) is 6.43. The lowest BCUT2D eigenvalue weighted by atomic mass is 9.93. The topological polar surface area (TPSA) is 88.3 Å². The number of aryl methyl sites for hydroxylation is 1. The minimum Gasteiger partial charge on any atom is -0.481 e. The number of Topliss-reactive ketones (excluding diaryl/α,β-unsaturated/α-hetero) is 1. The molecule has 1 saturated heterocycles. The number of carbonyl (C=O) groups is 2. The number of thiol groups is 1. The van der Waals surface area contributed by atoms with E-state index in [4.69, 9.17) is 17.7 Å². The molecular weight excluding hydrogens is 467 g/mol. The number of benzene rings is 1. The molecule has 2 aromatic rings. The van der Waals surface area contributed by atoms with Crippen molar-refractivity contribution in [3.63, 3.8) is 0 Å². The molecule has 0 amide bonds. The Hall–Kier alpha value is -2.23. The fraction of sp³-hybridized carbons (Fsp3) is 0.478. The summed E-state index contributed by atoms with van der Waals surface area (Å²) >= 11 is 4.72. The van der Waals surface area contributed by atoms with Gasteiger partial charge in [0.15, 0.2) is 5.78 Å². The molecule has 1 aliphatic heterocycles. The number of hydrogen-bond donors (Lipinski definition) is 2. The molecule has 2 unspecified atom stereocenters. The maximum Gasteiger partial charge on any atom is 0.303 e. The van der Waals surface area contributed by atoms with Crippen molar-refractivity contribution in [3.05, 3.63) is 53.1 Å². The van der Waals surface area contributed by atoms with Crippen molar-refractivity contribution in [2.75, 3.05) is 13.1 Å². The van der Waals surface area contributed by atoms with Crippen LogP contribution < -0.4 is 0 Å². The van der Waals surface area contributed by atoms with E-state index in [1.807, 2.05) is 6.08 Å². The highest BCUT2D eigenvalue weighted by molar-refractivity contribution is 7.81. The van der Waals surface area contributed by atoms with Gasteiger partial charge in [-0.15, -0.1) is 17.5 Å². The summed E-state index contributed by atoms with van der Waals surface area (Å²) < 4.78 is 16.3. The van der Waals surface area contributed by atoms with Gasteiger partial charge < -0.3 is 5.11 Å². The molecule has 2 atom stereocenters. The van der Waals surface area contributed by atoms with Crippen molar-refractivity contribution in [2.24, 2.45) is 5.92 Å². The minimum atomic E-state index is -0.835. The first kappa shape index (κ1) is 25.4. The second kappa shape index (κ2) is 11.3. The van der Waals surface area contributed by atoms with Gasteiger partial charge in [-0.2, -0.15) is 12.6 Å². The largest absolute Gasteiger partial charge is 0.481 e. The molecule has 2 fully saturated rings. The fourth-order valence-corrected chi connectivity index (χ4v) is 4.42. The van der Waals surface area contributed by atoms with E-state index in [-0.39, 0.29) is 41.6 Å². The van der Waals surface area contributed by atoms with Gasteiger partial charge in [0.2, 0.25) is 0 Å². The maximum absolute atomic E-state index is 14.6. The molecule has 10 heteroatoms. The van der Waals surface area contributed by atoms with Crippen LogP contribution in [0.4, 0.5) is 4.39 Å². The number of nitrogens with zero attached hydrogens (tertiary/aromatic N) is 4. The molecule has 1 aromatic heterocycles. The van der Waals surface area contributed by atoms with E-state index >= 15 is 0 Å². The Labute approximate surface area is 203 Å². The molecule has 0 bridgehead atoms. The van der Waals surface area contributed by atoms with Gasteiger partial charge in [-0.25, -0.2) is 4.39 Å². The second-order valence-electron chi connectivity index (χ2n) is 8.50. The van der Waals surface area contributed by atoms with Crippen LogP contribution in [0.15, 0.2) is 36.0 Å². The number of ketones is 1. The molecule has 1 saturated carbocycles. The highest BCUT2D eigenvalue weighted by atomic mass is 35.5. The fourth-order valence-electron chi connectivity index (χ4n) is 4.14. The molecule has 1 N–H and O–H groups in total. The summed E-state index contributed by atoms with van der Waals surface area (Å²) in [5.74, 6) is -1.07. The molecule has 0 radical (unpaired) electrons. The normalized spacial score (nSPS) is 20.9. The number of carbonyl (C=O) groups excluding carboxylic acids is 1. The predicted octanol–water partition coefficient (Wildman–Crippen LogP) is 3.81. The minimum absolute atomic E-state index is 0. The average Bonchev–Trinajstić information content (AvgIpc) is 3.52.